The van der Waals surface area contributed by atoms with Crippen molar-refractivity contribution < 1.29 is 4.43 Å². The molecule has 2 heteroatoms. The summed E-state index contributed by atoms with van der Waals surface area (Å²) in [5.74, 6) is 2.84. The Morgan fingerprint density at radius 2 is 2.08 bits per heavy atom. The summed E-state index contributed by atoms with van der Waals surface area (Å²) in [4.78, 5) is 0. The van der Waals surface area contributed by atoms with E-state index in [0.717, 1.165) is 0 Å². The summed E-state index contributed by atoms with van der Waals surface area (Å²) in [7, 11) is -0.594. The fraction of sp³-hybridized carbons (Fsp3) is 0.200. The number of hydrogen-bond donors (Lipinski definition) is 0. The van der Waals surface area contributed by atoms with Crippen molar-refractivity contribution in [1.29, 1.82) is 0 Å². The van der Waals surface area contributed by atoms with Crippen molar-refractivity contribution in [2.45, 2.75) is 13.5 Å². The first-order chi connectivity index (χ1) is 5.93. The van der Waals surface area contributed by atoms with Crippen LogP contribution in [0.3, 0.4) is 0 Å². The van der Waals surface area contributed by atoms with Crippen LogP contribution < -0.4 is 0 Å². The molecule has 1 aromatic carbocycles. The maximum Gasteiger partial charge on any atom is 0.241 e. The number of benzene rings is 1. The van der Waals surface area contributed by atoms with Gasteiger partial charge in [0.1, 0.15) is 0 Å². The smallest absolute Gasteiger partial charge is 0.241 e. The largest absolute Gasteiger partial charge is 0.407 e. The van der Waals surface area contributed by atoms with Crippen LogP contribution in [-0.2, 0) is 11.0 Å². The molecule has 0 aliphatic rings. The lowest BCUT2D eigenvalue weighted by atomic mass is 10.2. The van der Waals surface area contributed by atoms with Crippen LogP contribution in [0, 0.1) is 11.5 Å². The topological polar surface area (TPSA) is 9.23 Å². The van der Waals surface area contributed by atoms with E-state index in [2.05, 4.69) is 23.6 Å². The summed E-state index contributed by atoms with van der Waals surface area (Å²) in [6.07, 6.45) is 0. The zero-order chi connectivity index (χ0) is 8.65. The molecule has 0 amide bonds. The summed E-state index contributed by atoms with van der Waals surface area (Å²) in [5.41, 5.74) is 4.21. The molecule has 0 fully saturated rings. The van der Waals surface area contributed by atoms with Gasteiger partial charge in [-0.3, -0.25) is 0 Å². The van der Waals surface area contributed by atoms with Crippen LogP contribution in [0.15, 0.2) is 30.3 Å². The summed E-state index contributed by atoms with van der Waals surface area (Å²) in [6.45, 7) is 2.56. The minimum Gasteiger partial charge on any atom is -0.407 e. The molecular weight excluding hydrogens is 164 g/mol. The first-order valence-corrected chi connectivity index (χ1v) is 5.23. The number of hydrogen-bond acceptors (Lipinski definition) is 1. The van der Waals surface area contributed by atoms with E-state index in [1.165, 1.54) is 5.56 Å². The van der Waals surface area contributed by atoms with Gasteiger partial charge in [0.15, 0.2) is 0 Å². The molecule has 0 aliphatic heterocycles. The van der Waals surface area contributed by atoms with E-state index in [0.29, 0.717) is 6.61 Å². The van der Waals surface area contributed by atoms with Crippen LogP contribution in [0.1, 0.15) is 12.5 Å². The lowest BCUT2D eigenvalue weighted by Crippen LogP contribution is -1.95. The quantitative estimate of drug-likeness (QED) is 0.383. The van der Waals surface area contributed by atoms with Gasteiger partial charge in [0.25, 0.3) is 0 Å². The Morgan fingerprint density at radius 1 is 1.33 bits per heavy atom. The minimum atomic E-state index is -0.594. The van der Waals surface area contributed by atoms with E-state index in [1.54, 1.807) is 0 Å². The summed E-state index contributed by atoms with van der Waals surface area (Å²) in [6, 6.07) is 10.2. The molecule has 1 aromatic rings. The minimum absolute atomic E-state index is 0.594. The van der Waals surface area contributed by atoms with Crippen LogP contribution in [-0.4, -0.2) is 9.76 Å². The lowest BCUT2D eigenvalue weighted by molar-refractivity contribution is 0.331. The van der Waals surface area contributed by atoms with E-state index in [9.17, 15) is 0 Å². The van der Waals surface area contributed by atoms with Crippen LogP contribution in [0.4, 0.5) is 0 Å². The van der Waals surface area contributed by atoms with Crippen molar-refractivity contribution in [1.82, 2.24) is 0 Å². The Labute approximate surface area is 75.7 Å². The average Bonchev–Trinajstić information content (AvgIpc) is 2.14. The third kappa shape index (κ3) is 3.38. The summed E-state index contributed by atoms with van der Waals surface area (Å²) in [5, 5.41) is 0. The van der Waals surface area contributed by atoms with E-state index >= 15 is 0 Å². The van der Waals surface area contributed by atoms with Gasteiger partial charge in [0, 0.05) is 0 Å². The highest BCUT2D eigenvalue weighted by atomic mass is 28.2. The predicted molar refractivity (Wildman–Crippen MR) is 53.2 cm³/mol. The molecule has 0 unspecified atom stereocenters. The SMILES string of the molecule is CC#C[SiH2]OCc1ccccc1. The van der Waals surface area contributed by atoms with E-state index < -0.39 is 9.76 Å². The van der Waals surface area contributed by atoms with Crippen LogP contribution in [0.5, 0.6) is 0 Å². The Morgan fingerprint density at radius 3 is 2.75 bits per heavy atom. The molecule has 0 spiro atoms. The van der Waals surface area contributed by atoms with Gasteiger partial charge in [0.05, 0.1) is 6.61 Å². The predicted octanol–water partition coefficient (Wildman–Crippen LogP) is 1.27. The highest BCUT2D eigenvalue weighted by Gasteiger charge is 1.88. The Bertz CT molecular complexity index is 271. The molecule has 12 heavy (non-hydrogen) atoms. The molecule has 0 saturated carbocycles. The third-order valence-electron chi connectivity index (χ3n) is 1.46. The average molecular weight is 176 g/mol. The fourth-order valence-electron chi connectivity index (χ4n) is 0.866. The van der Waals surface area contributed by atoms with Crippen LogP contribution in [0.2, 0.25) is 0 Å². The first-order valence-electron chi connectivity index (χ1n) is 3.95. The fourth-order valence-corrected chi connectivity index (χ4v) is 1.45. The van der Waals surface area contributed by atoms with Crippen molar-refractivity contribution in [3.63, 3.8) is 0 Å². The maximum atomic E-state index is 5.43. The molecule has 62 valence electrons. The summed E-state index contributed by atoms with van der Waals surface area (Å²) < 4.78 is 5.43. The van der Waals surface area contributed by atoms with Gasteiger partial charge >= 0.3 is 0 Å². The van der Waals surface area contributed by atoms with Crippen molar-refractivity contribution in [3.8, 4) is 11.5 Å². The van der Waals surface area contributed by atoms with E-state index in [1.807, 2.05) is 25.1 Å². The second-order valence-corrected chi connectivity index (χ2v) is 3.46. The Balaban J connectivity index is 2.27. The molecule has 0 saturated heterocycles. The van der Waals surface area contributed by atoms with Gasteiger partial charge in [-0.2, -0.15) is 0 Å². The van der Waals surface area contributed by atoms with Gasteiger partial charge in [-0.05, 0) is 12.5 Å². The highest BCUT2D eigenvalue weighted by Crippen LogP contribution is 1.98. The number of rotatable bonds is 3. The Hall–Kier alpha value is -1.04. The maximum absolute atomic E-state index is 5.43. The second-order valence-electron chi connectivity index (χ2n) is 2.41. The van der Waals surface area contributed by atoms with Gasteiger partial charge in [-0.15, -0.1) is 11.5 Å². The monoisotopic (exact) mass is 176 g/mol. The lowest BCUT2D eigenvalue weighted by Gasteiger charge is -1.98. The van der Waals surface area contributed by atoms with E-state index in [-0.39, 0.29) is 0 Å². The van der Waals surface area contributed by atoms with Gasteiger partial charge in [0.2, 0.25) is 9.76 Å². The molecule has 1 nitrogen and oxygen atoms in total. The molecule has 0 aromatic heterocycles. The van der Waals surface area contributed by atoms with Crippen LogP contribution in [0.25, 0.3) is 0 Å². The van der Waals surface area contributed by atoms with Crippen molar-refractivity contribution in [2.24, 2.45) is 0 Å². The Kier molecular flexibility index (Phi) is 4.21. The first kappa shape index (κ1) is 9.05. The zero-order valence-corrected chi connectivity index (χ0v) is 8.62. The van der Waals surface area contributed by atoms with Crippen molar-refractivity contribution in [2.75, 3.05) is 0 Å². The normalized spacial score (nSPS) is 9.75. The molecule has 0 heterocycles. The standard InChI is InChI=1S/C10H12OSi/c1-2-8-12-11-9-10-6-4-3-5-7-10/h3-7H,9,12H2,1H3. The van der Waals surface area contributed by atoms with Gasteiger partial charge in [-0.1, -0.05) is 30.3 Å². The van der Waals surface area contributed by atoms with Gasteiger partial charge in [-0.25, -0.2) is 0 Å². The molecule has 0 N–H and O–H groups in total. The van der Waals surface area contributed by atoms with Crippen LogP contribution >= 0.6 is 0 Å². The summed E-state index contributed by atoms with van der Waals surface area (Å²) >= 11 is 0. The second kappa shape index (κ2) is 5.59. The molecule has 0 radical (unpaired) electrons. The highest BCUT2D eigenvalue weighted by molar-refractivity contribution is 6.38. The molecule has 0 atom stereocenters. The molecule has 0 aliphatic carbocycles. The third-order valence-corrected chi connectivity index (χ3v) is 2.37. The van der Waals surface area contributed by atoms with Crippen molar-refractivity contribution >= 4 is 9.76 Å². The zero-order valence-electron chi connectivity index (χ0n) is 7.21. The molecule has 0 bridgehead atoms. The molecular formula is C10H12OSi. The van der Waals surface area contributed by atoms with Gasteiger partial charge < -0.3 is 4.43 Å². The molecule has 1 rings (SSSR count). The van der Waals surface area contributed by atoms with Crippen molar-refractivity contribution in [3.05, 3.63) is 35.9 Å². The van der Waals surface area contributed by atoms with E-state index in [4.69, 9.17) is 4.43 Å².